The molecule has 0 bridgehead atoms. The number of primary amides is 1. The summed E-state index contributed by atoms with van der Waals surface area (Å²) in [5.41, 5.74) is 4.27. The molecule has 0 saturated heterocycles. The largest absolute Gasteiger partial charge is 0.371 e. The molecule has 0 fully saturated rings. The molecule has 9 heteroatoms. The summed E-state index contributed by atoms with van der Waals surface area (Å²) in [7, 11) is -2.43. The molecule has 0 radical (unpaired) electrons. The molecule has 21 heavy (non-hydrogen) atoms. The van der Waals surface area contributed by atoms with Gasteiger partial charge in [-0.05, 0) is 26.0 Å². The van der Waals surface area contributed by atoms with Crippen molar-refractivity contribution in [3.05, 3.63) is 24.4 Å². The van der Waals surface area contributed by atoms with Crippen LogP contribution in [0.5, 0.6) is 0 Å². The highest BCUT2D eigenvalue weighted by molar-refractivity contribution is 7.89. The maximum Gasteiger partial charge on any atom is 0.261 e. The van der Waals surface area contributed by atoms with Gasteiger partial charge >= 0.3 is 0 Å². The van der Waals surface area contributed by atoms with Crippen LogP contribution in [0.25, 0.3) is 5.65 Å². The molecule has 0 spiro atoms. The van der Waals surface area contributed by atoms with Gasteiger partial charge in [0.25, 0.3) is 10.0 Å². The minimum atomic E-state index is -4.00. The molecule has 2 heterocycles. The van der Waals surface area contributed by atoms with Crippen molar-refractivity contribution < 1.29 is 13.2 Å². The quantitative estimate of drug-likeness (QED) is 0.713. The number of nitrogens with zero attached hydrogens (tertiary/aromatic N) is 2. The number of hydrogen-bond donors (Lipinski definition) is 3. The number of nitrogens with one attached hydrogen (secondary N) is 2. The standard InChI is InChI=1S/C12H17N5O3S/c1-12(2,11(13)18)16-21(19,20)10-9(14-3)15-8-6-4-5-7-17(8)10/h4-7,14,16H,1-3H3,(H2,13,18). The Morgan fingerprint density at radius 2 is 2.05 bits per heavy atom. The second kappa shape index (κ2) is 5.01. The Morgan fingerprint density at radius 3 is 2.62 bits per heavy atom. The molecule has 114 valence electrons. The summed E-state index contributed by atoms with van der Waals surface area (Å²) in [4.78, 5) is 15.5. The normalized spacial score (nSPS) is 12.5. The maximum absolute atomic E-state index is 12.6. The first-order valence-corrected chi connectivity index (χ1v) is 7.66. The lowest BCUT2D eigenvalue weighted by Crippen LogP contribution is -2.53. The second-order valence-electron chi connectivity index (χ2n) is 5.04. The van der Waals surface area contributed by atoms with Crippen LogP contribution >= 0.6 is 0 Å². The van der Waals surface area contributed by atoms with Crippen molar-refractivity contribution in [2.24, 2.45) is 5.73 Å². The van der Waals surface area contributed by atoms with E-state index in [1.165, 1.54) is 18.2 Å². The van der Waals surface area contributed by atoms with Gasteiger partial charge in [-0.1, -0.05) is 6.07 Å². The van der Waals surface area contributed by atoms with Gasteiger partial charge < -0.3 is 11.1 Å². The Bertz CT molecular complexity index is 794. The molecular weight excluding hydrogens is 294 g/mol. The topological polar surface area (TPSA) is 119 Å². The van der Waals surface area contributed by atoms with Gasteiger partial charge in [-0.15, -0.1) is 0 Å². The fourth-order valence-corrected chi connectivity index (χ4v) is 3.51. The second-order valence-corrected chi connectivity index (χ2v) is 6.64. The average Bonchev–Trinajstić information content (AvgIpc) is 2.76. The van der Waals surface area contributed by atoms with Crippen molar-refractivity contribution in [3.63, 3.8) is 0 Å². The summed E-state index contributed by atoms with van der Waals surface area (Å²) in [5, 5.41) is 2.66. The van der Waals surface area contributed by atoms with Gasteiger partial charge in [0.1, 0.15) is 11.2 Å². The predicted molar refractivity (Wildman–Crippen MR) is 78.3 cm³/mol. The number of rotatable bonds is 5. The van der Waals surface area contributed by atoms with Crippen molar-refractivity contribution in [3.8, 4) is 0 Å². The van der Waals surface area contributed by atoms with Crippen LogP contribution in [0.2, 0.25) is 0 Å². The fourth-order valence-electron chi connectivity index (χ4n) is 1.83. The summed E-state index contributed by atoms with van der Waals surface area (Å²) in [6.45, 7) is 2.80. The van der Waals surface area contributed by atoms with E-state index < -0.39 is 21.5 Å². The molecule has 0 saturated carbocycles. The van der Waals surface area contributed by atoms with Crippen molar-refractivity contribution in [1.82, 2.24) is 14.1 Å². The maximum atomic E-state index is 12.6. The number of fused-ring (bicyclic) bond motifs is 1. The van der Waals surface area contributed by atoms with Crippen LogP contribution in [0.15, 0.2) is 29.4 Å². The van der Waals surface area contributed by atoms with Gasteiger partial charge in [0, 0.05) is 13.2 Å². The van der Waals surface area contributed by atoms with Gasteiger partial charge in [-0.2, -0.15) is 4.72 Å². The SMILES string of the molecule is CNc1nc2ccccn2c1S(=O)(=O)NC(C)(C)C(N)=O. The fraction of sp³-hybridized carbons (Fsp3) is 0.333. The molecule has 0 aliphatic heterocycles. The molecule has 8 nitrogen and oxygen atoms in total. The van der Waals surface area contributed by atoms with Gasteiger partial charge in [0.15, 0.2) is 10.8 Å². The Morgan fingerprint density at radius 1 is 1.38 bits per heavy atom. The van der Waals surface area contributed by atoms with Crippen LogP contribution < -0.4 is 15.8 Å². The average molecular weight is 311 g/mol. The Labute approximate surface area is 122 Å². The predicted octanol–water partition coefficient (Wildman–Crippen LogP) is -0.0818. The minimum Gasteiger partial charge on any atom is -0.371 e. The van der Waals surface area contributed by atoms with E-state index in [2.05, 4.69) is 15.0 Å². The number of amides is 1. The number of imidazole rings is 1. The lowest BCUT2D eigenvalue weighted by atomic mass is 10.1. The number of nitrogens with two attached hydrogens (primary N) is 1. The monoisotopic (exact) mass is 311 g/mol. The number of carbonyl (C=O) groups excluding carboxylic acids is 1. The van der Waals surface area contributed by atoms with E-state index in [-0.39, 0.29) is 10.8 Å². The minimum absolute atomic E-state index is 0.0741. The van der Waals surface area contributed by atoms with Crippen LogP contribution in [-0.4, -0.2) is 36.3 Å². The third-order valence-electron chi connectivity index (χ3n) is 2.98. The molecule has 1 amide bonds. The molecule has 0 atom stereocenters. The number of sulfonamides is 1. The van der Waals surface area contributed by atoms with E-state index in [4.69, 9.17) is 5.73 Å². The van der Waals surface area contributed by atoms with Crippen molar-refractivity contribution >= 4 is 27.4 Å². The molecular formula is C12H17N5O3S. The van der Waals surface area contributed by atoms with E-state index in [0.717, 1.165) is 0 Å². The van der Waals surface area contributed by atoms with E-state index in [1.54, 1.807) is 31.4 Å². The highest BCUT2D eigenvalue weighted by Crippen LogP contribution is 2.23. The van der Waals surface area contributed by atoms with Crippen molar-refractivity contribution in [2.45, 2.75) is 24.4 Å². The Kier molecular flexibility index (Phi) is 3.64. The van der Waals surface area contributed by atoms with Crippen LogP contribution in [-0.2, 0) is 14.8 Å². The number of aromatic nitrogens is 2. The highest BCUT2D eigenvalue weighted by atomic mass is 32.2. The Balaban J connectivity index is 2.62. The van der Waals surface area contributed by atoms with E-state index in [0.29, 0.717) is 5.65 Å². The lowest BCUT2D eigenvalue weighted by Gasteiger charge is -2.22. The molecule has 4 N–H and O–H groups in total. The van der Waals surface area contributed by atoms with Crippen molar-refractivity contribution in [1.29, 1.82) is 0 Å². The number of pyridine rings is 1. The summed E-state index contributed by atoms with van der Waals surface area (Å²) in [6.07, 6.45) is 1.58. The van der Waals surface area contributed by atoms with Gasteiger partial charge in [-0.25, -0.2) is 13.4 Å². The number of hydrogen-bond acceptors (Lipinski definition) is 5. The first-order valence-electron chi connectivity index (χ1n) is 6.18. The summed E-state index contributed by atoms with van der Waals surface area (Å²) in [5.74, 6) is -0.583. The zero-order valence-corrected chi connectivity index (χ0v) is 12.7. The van der Waals surface area contributed by atoms with Gasteiger partial charge in [-0.3, -0.25) is 9.20 Å². The van der Waals surface area contributed by atoms with E-state index in [9.17, 15) is 13.2 Å². The third kappa shape index (κ3) is 2.69. The van der Waals surface area contributed by atoms with Crippen LogP contribution in [0.1, 0.15) is 13.8 Å². The van der Waals surface area contributed by atoms with Crippen LogP contribution in [0.4, 0.5) is 5.82 Å². The van der Waals surface area contributed by atoms with E-state index >= 15 is 0 Å². The van der Waals surface area contributed by atoms with Gasteiger partial charge in [0.2, 0.25) is 5.91 Å². The van der Waals surface area contributed by atoms with Crippen LogP contribution in [0.3, 0.4) is 0 Å². The van der Waals surface area contributed by atoms with Crippen molar-refractivity contribution in [2.75, 3.05) is 12.4 Å². The summed E-state index contributed by atoms with van der Waals surface area (Å²) < 4.78 is 28.9. The zero-order chi connectivity index (χ0) is 15.8. The molecule has 0 aliphatic carbocycles. The highest BCUT2D eigenvalue weighted by Gasteiger charge is 2.34. The van der Waals surface area contributed by atoms with Gasteiger partial charge in [0.05, 0.1) is 0 Å². The first kappa shape index (κ1) is 15.3. The molecule has 0 unspecified atom stereocenters. The number of carbonyl (C=O) groups is 1. The third-order valence-corrected chi connectivity index (χ3v) is 4.66. The smallest absolute Gasteiger partial charge is 0.261 e. The zero-order valence-electron chi connectivity index (χ0n) is 11.9. The Hall–Kier alpha value is -2.13. The van der Waals surface area contributed by atoms with Crippen LogP contribution in [0, 0.1) is 0 Å². The first-order chi connectivity index (χ1) is 9.69. The van der Waals surface area contributed by atoms with E-state index in [1.807, 2.05) is 0 Å². The number of anilines is 1. The lowest BCUT2D eigenvalue weighted by molar-refractivity contribution is -0.122. The molecule has 0 aromatic carbocycles. The molecule has 2 aromatic heterocycles. The molecule has 2 rings (SSSR count). The summed E-state index contributed by atoms with van der Waals surface area (Å²) in [6, 6.07) is 5.12. The molecule has 0 aliphatic rings. The molecule has 2 aromatic rings. The summed E-state index contributed by atoms with van der Waals surface area (Å²) >= 11 is 0.